The summed E-state index contributed by atoms with van der Waals surface area (Å²) in [6.45, 7) is 0.277. The molecule has 0 aromatic rings. The third-order valence-corrected chi connectivity index (χ3v) is 2.33. The Labute approximate surface area is 72.7 Å². The van der Waals surface area contributed by atoms with Gasteiger partial charge in [0.1, 0.15) is 0 Å². The molecule has 0 heterocycles. The molecule has 0 saturated heterocycles. The maximum Gasteiger partial charge on any atom is 0.237 e. The lowest BCUT2D eigenvalue weighted by molar-refractivity contribution is -0.123. The summed E-state index contributed by atoms with van der Waals surface area (Å²) in [5.41, 5.74) is 5.68. The van der Waals surface area contributed by atoms with Gasteiger partial charge in [0.25, 0.3) is 0 Å². The lowest BCUT2D eigenvalue weighted by Gasteiger charge is -2.29. The smallest absolute Gasteiger partial charge is 0.237 e. The fourth-order valence-electron chi connectivity index (χ4n) is 1.27. The minimum atomic E-state index is -0.355. The van der Waals surface area contributed by atoms with E-state index >= 15 is 0 Å². The van der Waals surface area contributed by atoms with Gasteiger partial charge in [0.05, 0.1) is 12.6 Å². The second-order valence-electron chi connectivity index (χ2n) is 3.14. The van der Waals surface area contributed by atoms with Gasteiger partial charge in [-0.15, -0.1) is 6.42 Å². The molecule has 1 aliphatic rings. The first kappa shape index (κ1) is 9.08. The molecule has 0 bridgehead atoms. The molecule has 1 saturated carbocycles. The average molecular weight is 166 g/mol. The Balaban J connectivity index is 2.26. The Morgan fingerprint density at radius 1 is 1.75 bits per heavy atom. The first-order valence-electron chi connectivity index (χ1n) is 4.22. The zero-order valence-electron chi connectivity index (χ0n) is 7.05. The van der Waals surface area contributed by atoms with E-state index in [-0.39, 0.29) is 18.5 Å². The molecule has 3 N–H and O–H groups in total. The van der Waals surface area contributed by atoms with Crippen LogP contribution in [0.15, 0.2) is 0 Å². The quantitative estimate of drug-likeness (QED) is 0.573. The summed E-state index contributed by atoms with van der Waals surface area (Å²) in [5, 5.41) is 2.58. The number of carbonyl (C=O) groups is 1. The van der Waals surface area contributed by atoms with E-state index < -0.39 is 0 Å². The molecule has 1 aliphatic carbocycles. The van der Waals surface area contributed by atoms with Gasteiger partial charge in [-0.25, -0.2) is 0 Å². The Bertz CT molecular complexity index is 203. The van der Waals surface area contributed by atoms with E-state index in [9.17, 15) is 4.79 Å². The summed E-state index contributed by atoms with van der Waals surface area (Å²) < 4.78 is 0. The van der Waals surface area contributed by atoms with Crippen LogP contribution in [0, 0.1) is 18.3 Å². The molecule has 0 spiro atoms. The number of nitrogens with one attached hydrogen (secondary N) is 1. The van der Waals surface area contributed by atoms with Crippen LogP contribution in [0.4, 0.5) is 0 Å². The highest BCUT2D eigenvalue weighted by atomic mass is 16.2. The molecule has 1 unspecified atom stereocenters. The number of rotatable bonds is 3. The predicted octanol–water partition coefficient (Wildman–Crippen LogP) is -0.137. The van der Waals surface area contributed by atoms with Gasteiger partial charge in [-0.05, 0) is 18.8 Å². The summed E-state index contributed by atoms with van der Waals surface area (Å²) in [5.74, 6) is 2.61. The van der Waals surface area contributed by atoms with Crippen molar-refractivity contribution in [3.05, 3.63) is 0 Å². The highest BCUT2D eigenvalue weighted by Crippen LogP contribution is 2.28. The van der Waals surface area contributed by atoms with E-state index in [1.807, 2.05) is 0 Å². The molecular weight excluding hydrogens is 152 g/mol. The fraction of sp³-hybridized carbons (Fsp3) is 0.667. The lowest BCUT2D eigenvalue weighted by Crippen LogP contribution is -2.47. The number of hydrogen-bond donors (Lipinski definition) is 2. The summed E-state index contributed by atoms with van der Waals surface area (Å²) in [7, 11) is 0. The first-order chi connectivity index (χ1) is 5.75. The summed E-state index contributed by atoms with van der Waals surface area (Å²) in [4.78, 5) is 11.2. The number of amides is 1. The fourth-order valence-corrected chi connectivity index (χ4v) is 1.27. The van der Waals surface area contributed by atoms with Gasteiger partial charge in [-0.2, -0.15) is 0 Å². The summed E-state index contributed by atoms with van der Waals surface area (Å²) in [6, 6.07) is -0.355. The van der Waals surface area contributed by atoms with Crippen LogP contribution >= 0.6 is 0 Å². The van der Waals surface area contributed by atoms with Crippen molar-refractivity contribution in [1.29, 1.82) is 0 Å². The third-order valence-electron chi connectivity index (χ3n) is 2.33. The van der Waals surface area contributed by atoms with E-state index in [0.29, 0.717) is 5.92 Å². The lowest BCUT2D eigenvalue weighted by atomic mass is 9.80. The van der Waals surface area contributed by atoms with Gasteiger partial charge >= 0.3 is 0 Å². The van der Waals surface area contributed by atoms with Crippen LogP contribution in [0.25, 0.3) is 0 Å². The highest BCUT2D eigenvalue weighted by molar-refractivity contribution is 5.82. The highest BCUT2D eigenvalue weighted by Gasteiger charge is 2.28. The van der Waals surface area contributed by atoms with Crippen LogP contribution in [0.5, 0.6) is 0 Å². The van der Waals surface area contributed by atoms with Gasteiger partial charge in [-0.1, -0.05) is 12.3 Å². The molecule has 12 heavy (non-hydrogen) atoms. The van der Waals surface area contributed by atoms with Crippen molar-refractivity contribution in [3.63, 3.8) is 0 Å². The molecule has 1 fully saturated rings. The van der Waals surface area contributed by atoms with Gasteiger partial charge in [0, 0.05) is 0 Å². The number of carbonyl (C=O) groups excluding carboxylic acids is 1. The van der Waals surface area contributed by atoms with Gasteiger partial charge in [-0.3, -0.25) is 4.79 Å². The molecule has 0 radical (unpaired) electrons. The Hall–Kier alpha value is -1.01. The maximum atomic E-state index is 11.2. The summed E-state index contributed by atoms with van der Waals surface area (Å²) in [6.07, 6.45) is 8.34. The van der Waals surface area contributed by atoms with Crippen LogP contribution in [-0.4, -0.2) is 18.5 Å². The van der Waals surface area contributed by atoms with Gasteiger partial charge in [0.2, 0.25) is 5.91 Å². The molecule has 1 atom stereocenters. The molecule has 66 valence electrons. The molecule has 1 rings (SSSR count). The number of hydrogen-bond acceptors (Lipinski definition) is 2. The number of terminal acetylenes is 1. The minimum absolute atomic E-state index is 0.113. The molecule has 0 aromatic heterocycles. The van der Waals surface area contributed by atoms with E-state index in [2.05, 4.69) is 11.2 Å². The molecule has 0 aliphatic heterocycles. The van der Waals surface area contributed by atoms with Crippen LogP contribution in [0.3, 0.4) is 0 Å². The SMILES string of the molecule is C#CCNC(=O)C(N)C1CCC1. The van der Waals surface area contributed by atoms with Crippen molar-refractivity contribution < 1.29 is 4.79 Å². The third kappa shape index (κ3) is 1.99. The standard InChI is InChI=1S/C9H14N2O/c1-2-6-11-9(12)8(10)7-4-3-5-7/h1,7-8H,3-6,10H2,(H,11,12). The summed E-state index contributed by atoms with van der Waals surface area (Å²) >= 11 is 0. The van der Waals surface area contributed by atoms with Crippen LogP contribution in [0.1, 0.15) is 19.3 Å². The van der Waals surface area contributed by atoms with Crippen LogP contribution in [-0.2, 0) is 4.79 Å². The molecule has 3 heteroatoms. The zero-order chi connectivity index (χ0) is 8.97. The monoisotopic (exact) mass is 166 g/mol. The second kappa shape index (κ2) is 4.13. The minimum Gasteiger partial charge on any atom is -0.344 e. The van der Waals surface area contributed by atoms with Crippen molar-refractivity contribution in [3.8, 4) is 12.3 Å². The molecule has 3 nitrogen and oxygen atoms in total. The van der Waals surface area contributed by atoms with Crippen molar-refractivity contribution in [1.82, 2.24) is 5.32 Å². The largest absolute Gasteiger partial charge is 0.344 e. The molecule has 0 aromatic carbocycles. The van der Waals surface area contributed by atoms with E-state index in [4.69, 9.17) is 12.2 Å². The predicted molar refractivity (Wildman–Crippen MR) is 47.2 cm³/mol. The van der Waals surface area contributed by atoms with Crippen molar-refractivity contribution >= 4 is 5.91 Å². The van der Waals surface area contributed by atoms with E-state index in [0.717, 1.165) is 12.8 Å². The van der Waals surface area contributed by atoms with Gasteiger partial charge < -0.3 is 11.1 Å². The Morgan fingerprint density at radius 2 is 2.42 bits per heavy atom. The van der Waals surface area contributed by atoms with E-state index in [1.165, 1.54) is 6.42 Å². The maximum absolute atomic E-state index is 11.2. The van der Waals surface area contributed by atoms with Crippen LogP contribution in [0.2, 0.25) is 0 Å². The topological polar surface area (TPSA) is 55.1 Å². The molecule has 1 amide bonds. The van der Waals surface area contributed by atoms with Crippen molar-refractivity contribution in [2.75, 3.05) is 6.54 Å². The average Bonchev–Trinajstić information content (AvgIpc) is 1.96. The van der Waals surface area contributed by atoms with Crippen molar-refractivity contribution in [2.45, 2.75) is 25.3 Å². The van der Waals surface area contributed by atoms with Gasteiger partial charge in [0.15, 0.2) is 0 Å². The second-order valence-corrected chi connectivity index (χ2v) is 3.14. The first-order valence-corrected chi connectivity index (χ1v) is 4.22. The van der Waals surface area contributed by atoms with Crippen LogP contribution < -0.4 is 11.1 Å². The van der Waals surface area contributed by atoms with Crippen molar-refractivity contribution in [2.24, 2.45) is 11.7 Å². The normalized spacial score (nSPS) is 19.0. The van der Waals surface area contributed by atoms with E-state index in [1.54, 1.807) is 0 Å². The Morgan fingerprint density at radius 3 is 2.83 bits per heavy atom. The number of nitrogens with two attached hydrogens (primary N) is 1. The zero-order valence-corrected chi connectivity index (χ0v) is 7.05. The molecular formula is C9H14N2O. The Kier molecular flexibility index (Phi) is 3.12.